The SMILES string of the molecule is COCCCOc1cc(C(=O)N(C(C)C)[C@H]2CN(C(=O)OC(C)(C)C)C[C@](C)(C(=O)O)C2)ccc1OC. The van der Waals surface area contributed by atoms with Gasteiger partial charge < -0.3 is 33.9 Å². The van der Waals surface area contributed by atoms with E-state index in [1.54, 1.807) is 57.9 Å². The van der Waals surface area contributed by atoms with E-state index in [-0.39, 0.29) is 31.5 Å². The average Bonchev–Trinajstić information content (AvgIpc) is 2.80. The molecule has 208 valence electrons. The van der Waals surface area contributed by atoms with E-state index >= 15 is 0 Å². The molecule has 1 aliphatic heterocycles. The van der Waals surface area contributed by atoms with Crippen molar-refractivity contribution in [1.29, 1.82) is 0 Å². The van der Waals surface area contributed by atoms with E-state index in [0.29, 0.717) is 36.7 Å². The van der Waals surface area contributed by atoms with Crippen molar-refractivity contribution in [3.05, 3.63) is 23.8 Å². The van der Waals surface area contributed by atoms with Crippen LogP contribution in [0.4, 0.5) is 4.79 Å². The van der Waals surface area contributed by atoms with Gasteiger partial charge in [0.05, 0.1) is 25.2 Å². The minimum atomic E-state index is -1.25. The van der Waals surface area contributed by atoms with Gasteiger partial charge in [-0.25, -0.2) is 4.79 Å². The zero-order valence-corrected chi connectivity index (χ0v) is 23.3. The number of piperidine rings is 1. The first kappa shape index (κ1) is 30.2. The van der Waals surface area contributed by atoms with Crippen LogP contribution < -0.4 is 9.47 Å². The van der Waals surface area contributed by atoms with Crippen molar-refractivity contribution in [2.24, 2.45) is 5.41 Å². The number of ether oxygens (including phenoxy) is 4. The summed E-state index contributed by atoms with van der Waals surface area (Å²) in [5.41, 5.74) is -1.61. The van der Waals surface area contributed by atoms with Crippen LogP contribution in [0, 0.1) is 5.41 Å². The second-order valence-corrected chi connectivity index (χ2v) is 11.0. The summed E-state index contributed by atoms with van der Waals surface area (Å²) in [6.45, 7) is 11.7. The molecule has 0 radical (unpaired) electrons. The molecule has 10 heteroatoms. The van der Waals surface area contributed by atoms with Gasteiger partial charge in [0, 0.05) is 44.8 Å². The van der Waals surface area contributed by atoms with Gasteiger partial charge in [-0.05, 0) is 66.2 Å². The maximum absolute atomic E-state index is 13.8. The van der Waals surface area contributed by atoms with Crippen molar-refractivity contribution in [2.45, 2.75) is 72.1 Å². The largest absolute Gasteiger partial charge is 0.493 e. The molecule has 2 amide bonds. The van der Waals surface area contributed by atoms with Crippen molar-refractivity contribution < 1.29 is 38.4 Å². The maximum atomic E-state index is 13.8. The number of hydrogen-bond acceptors (Lipinski definition) is 7. The fraction of sp³-hybridized carbons (Fsp3) is 0.667. The van der Waals surface area contributed by atoms with Crippen molar-refractivity contribution in [3.63, 3.8) is 0 Å². The van der Waals surface area contributed by atoms with Crippen molar-refractivity contribution in [1.82, 2.24) is 9.80 Å². The molecule has 37 heavy (non-hydrogen) atoms. The van der Waals surface area contributed by atoms with Crippen LogP contribution in [0.15, 0.2) is 18.2 Å². The third-order valence-electron chi connectivity index (χ3n) is 6.17. The first-order valence-corrected chi connectivity index (χ1v) is 12.6. The Morgan fingerprint density at radius 3 is 2.38 bits per heavy atom. The molecule has 0 aromatic heterocycles. The minimum absolute atomic E-state index is 0.00410. The maximum Gasteiger partial charge on any atom is 0.410 e. The molecular formula is C27H42N2O8. The second kappa shape index (κ2) is 12.5. The summed E-state index contributed by atoms with van der Waals surface area (Å²) in [5, 5.41) is 10.0. The van der Waals surface area contributed by atoms with Gasteiger partial charge >= 0.3 is 12.1 Å². The number of benzene rings is 1. The van der Waals surface area contributed by atoms with Gasteiger partial charge in [0.1, 0.15) is 5.60 Å². The highest BCUT2D eigenvalue weighted by Crippen LogP contribution is 2.35. The van der Waals surface area contributed by atoms with Crippen molar-refractivity contribution in [2.75, 3.05) is 40.5 Å². The van der Waals surface area contributed by atoms with Gasteiger partial charge in [-0.2, -0.15) is 0 Å². The van der Waals surface area contributed by atoms with Crippen LogP contribution in [0.5, 0.6) is 11.5 Å². The highest BCUT2D eigenvalue weighted by atomic mass is 16.6. The number of carboxylic acids is 1. The van der Waals surface area contributed by atoms with E-state index in [1.807, 2.05) is 13.8 Å². The van der Waals surface area contributed by atoms with Gasteiger partial charge in [0.15, 0.2) is 11.5 Å². The Hall–Kier alpha value is -3.01. The smallest absolute Gasteiger partial charge is 0.410 e. The van der Waals surface area contributed by atoms with Gasteiger partial charge in [-0.3, -0.25) is 9.59 Å². The summed E-state index contributed by atoms with van der Waals surface area (Å²) in [6, 6.07) is 4.16. The van der Waals surface area contributed by atoms with Crippen molar-refractivity contribution in [3.8, 4) is 11.5 Å². The molecule has 1 saturated heterocycles. The highest BCUT2D eigenvalue weighted by Gasteiger charge is 2.47. The van der Waals surface area contributed by atoms with Crippen LogP contribution in [0.3, 0.4) is 0 Å². The molecule has 1 aromatic carbocycles. The number of hydrogen-bond donors (Lipinski definition) is 1. The standard InChI is InChI=1S/C27H42N2O8/c1-18(2)29(23(30)19-10-11-21(35-8)22(14-19)36-13-9-12-34-7)20-15-27(6,24(31)32)17-28(16-20)25(33)37-26(3,4)5/h10-11,14,18,20H,9,12-13,15-17H2,1-8H3,(H,31,32)/t20-,27-/m1/s1. The number of methoxy groups -OCH3 is 2. The van der Waals surface area contributed by atoms with Crippen LogP contribution in [-0.2, 0) is 14.3 Å². The summed E-state index contributed by atoms with van der Waals surface area (Å²) in [4.78, 5) is 42.1. The molecule has 1 fully saturated rings. The summed E-state index contributed by atoms with van der Waals surface area (Å²) in [5.74, 6) is -0.388. The lowest BCUT2D eigenvalue weighted by molar-refractivity contribution is -0.152. The number of nitrogens with zero attached hydrogens (tertiary/aromatic N) is 2. The molecular weight excluding hydrogens is 480 g/mol. The fourth-order valence-electron chi connectivity index (χ4n) is 4.48. The third-order valence-corrected chi connectivity index (χ3v) is 6.17. The van der Waals surface area contributed by atoms with Crippen LogP contribution in [0.2, 0.25) is 0 Å². The van der Waals surface area contributed by atoms with Gasteiger partial charge in [-0.15, -0.1) is 0 Å². The molecule has 1 aromatic rings. The van der Waals surface area contributed by atoms with Crippen LogP contribution in [0.1, 0.15) is 64.7 Å². The van der Waals surface area contributed by atoms with E-state index in [9.17, 15) is 19.5 Å². The average molecular weight is 523 g/mol. The lowest BCUT2D eigenvalue weighted by Gasteiger charge is -2.47. The molecule has 0 saturated carbocycles. The van der Waals surface area contributed by atoms with E-state index in [2.05, 4.69) is 0 Å². The predicted molar refractivity (Wildman–Crippen MR) is 138 cm³/mol. The Morgan fingerprint density at radius 2 is 1.84 bits per heavy atom. The minimum Gasteiger partial charge on any atom is -0.493 e. The Kier molecular flexibility index (Phi) is 10.2. The molecule has 0 unspecified atom stereocenters. The summed E-state index contributed by atoms with van der Waals surface area (Å²) < 4.78 is 21.8. The number of carbonyl (C=O) groups excluding carboxylic acids is 2. The number of likely N-dealkylation sites (tertiary alicyclic amines) is 1. The molecule has 0 aliphatic carbocycles. The number of carbonyl (C=O) groups is 3. The lowest BCUT2D eigenvalue weighted by Crippen LogP contribution is -2.60. The number of rotatable bonds is 10. The van der Waals surface area contributed by atoms with Crippen LogP contribution in [0.25, 0.3) is 0 Å². The van der Waals surface area contributed by atoms with E-state index in [1.165, 1.54) is 12.0 Å². The van der Waals surface area contributed by atoms with Gasteiger partial charge in [0.2, 0.25) is 0 Å². The van der Waals surface area contributed by atoms with E-state index in [4.69, 9.17) is 18.9 Å². The van der Waals surface area contributed by atoms with Crippen LogP contribution >= 0.6 is 0 Å². The lowest BCUT2D eigenvalue weighted by atomic mass is 9.79. The normalized spacial score (nSPS) is 19.9. The van der Waals surface area contributed by atoms with E-state index < -0.39 is 29.1 Å². The van der Waals surface area contributed by atoms with Crippen LogP contribution in [-0.4, -0.2) is 91.1 Å². The predicted octanol–water partition coefficient (Wildman–Crippen LogP) is 4.06. The first-order valence-electron chi connectivity index (χ1n) is 12.6. The van der Waals surface area contributed by atoms with Gasteiger partial charge in [-0.1, -0.05) is 0 Å². The molecule has 1 N–H and O–H groups in total. The Morgan fingerprint density at radius 1 is 1.16 bits per heavy atom. The molecule has 1 heterocycles. The zero-order valence-electron chi connectivity index (χ0n) is 23.3. The fourth-order valence-corrected chi connectivity index (χ4v) is 4.48. The summed E-state index contributed by atoms with van der Waals surface area (Å²) >= 11 is 0. The van der Waals surface area contributed by atoms with Crippen molar-refractivity contribution >= 4 is 18.0 Å². The molecule has 2 rings (SSSR count). The molecule has 1 aliphatic rings. The Labute approximate surface area is 219 Å². The van der Waals surface area contributed by atoms with E-state index in [0.717, 1.165) is 0 Å². The molecule has 10 nitrogen and oxygen atoms in total. The first-order chi connectivity index (χ1) is 17.2. The Bertz CT molecular complexity index is 958. The summed E-state index contributed by atoms with van der Waals surface area (Å²) in [6.07, 6.45) is 0.269. The summed E-state index contributed by atoms with van der Waals surface area (Å²) in [7, 11) is 3.14. The molecule has 0 spiro atoms. The monoisotopic (exact) mass is 522 g/mol. The zero-order chi connectivity index (χ0) is 28.0. The van der Waals surface area contributed by atoms with Gasteiger partial charge in [0.25, 0.3) is 5.91 Å². The quantitative estimate of drug-likeness (QED) is 0.458. The number of amides is 2. The topological polar surface area (TPSA) is 115 Å². The third kappa shape index (κ3) is 7.99. The Balaban J connectivity index is 2.39. The molecule has 2 atom stereocenters. The second-order valence-electron chi connectivity index (χ2n) is 11.0. The highest BCUT2D eigenvalue weighted by molar-refractivity contribution is 5.95. The number of aliphatic carboxylic acids is 1. The molecule has 0 bridgehead atoms. The number of carboxylic acid groups (broad SMARTS) is 1.